The van der Waals surface area contributed by atoms with Gasteiger partial charge in [-0.05, 0) is 67.3 Å². The number of unbranched alkanes of at least 4 members (excludes halogenated alkanes) is 1. The number of aliphatic carboxylic acids is 1. The van der Waals surface area contributed by atoms with Gasteiger partial charge in [0.2, 0.25) is 0 Å². The van der Waals surface area contributed by atoms with Crippen molar-refractivity contribution in [3.8, 4) is 5.75 Å². The van der Waals surface area contributed by atoms with E-state index in [9.17, 15) is 27.9 Å². The second-order valence-corrected chi connectivity index (χ2v) is 9.41. The van der Waals surface area contributed by atoms with Crippen LogP contribution in [0.3, 0.4) is 0 Å². The number of carbonyl (C=O) groups excluding carboxylic acids is 1. The van der Waals surface area contributed by atoms with E-state index in [2.05, 4.69) is 5.32 Å². The van der Waals surface area contributed by atoms with Crippen molar-refractivity contribution < 1.29 is 42.1 Å². The number of carbonyl (C=O) groups is 2. The highest BCUT2D eigenvalue weighted by atomic mass is 19.1. The number of nitrogens with zero attached hydrogens (tertiary/aromatic N) is 1. The van der Waals surface area contributed by atoms with Crippen molar-refractivity contribution in [1.82, 2.24) is 4.90 Å². The molecule has 0 saturated carbocycles. The first-order chi connectivity index (χ1) is 20.2. The van der Waals surface area contributed by atoms with Crippen LogP contribution in [0, 0.1) is 17.5 Å². The zero-order chi connectivity index (χ0) is 30.3. The molecular formula is C31H35F3N2O6. The zero-order valence-corrected chi connectivity index (χ0v) is 23.4. The Labute approximate surface area is 243 Å². The summed E-state index contributed by atoms with van der Waals surface area (Å²) in [5.41, 5.74) is 1.48. The average molecular weight is 589 g/mol. The van der Waals surface area contributed by atoms with Crippen LogP contribution < -0.4 is 10.1 Å². The Kier molecular flexibility index (Phi) is 13.1. The van der Waals surface area contributed by atoms with Crippen LogP contribution in [0.15, 0.2) is 66.7 Å². The number of urea groups is 1. The number of nitrogens with one attached hydrogen (secondary N) is 1. The Morgan fingerprint density at radius 1 is 0.881 bits per heavy atom. The third-order valence-electron chi connectivity index (χ3n) is 6.23. The number of hydrogen-bond donors (Lipinski definition) is 2. The zero-order valence-electron chi connectivity index (χ0n) is 23.4. The molecule has 0 aliphatic carbocycles. The van der Waals surface area contributed by atoms with Crippen molar-refractivity contribution in [1.29, 1.82) is 0 Å². The van der Waals surface area contributed by atoms with Crippen LogP contribution in [-0.4, -0.2) is 61.0 Å². The maximum Gasteiger partial charge on any atom is 0.333 e. The highest BCUT2D eigenvalue weighted by molar-refractivity contribution is 5.89. The number of carboxylic acid groups (broad SMARTS) is 1. The molecule has 42 heavy (non-hydrogen) atoms. The fourth-order valence-electron chi connectivity index (χ4n) is 4.01. The van der Waals surface area contributed by atoms with Crippen LogP contribution in [0.25, 0.3) is 0 Å². The molecule has 0 heterocycles. The SMILES string of the molecule is CCOC(Cc1ccc(OCCN(CCCCOCc2ccc(F)cc2)C(=O)Nc2ccc(F)cc2F)cc1)C(=O)O. The van der Waals surface area contributed by atoms with Crippen molar-refractivity contribution in [3.05, 3.63) is 95.3 Å². The van der Waals surface area contributed by atoms with E-state index < -0.39 is 29.7 Å². The first kappa shape index (κ1) is 32.4. The first-order valence-corrected chi connectivity index (χ1v) is 13.6. The Morgan fingerprint density at radius 3 is 2.24 bits per heavy atom. The van der Waals surface area contributed by atoms with Crippen LogP contribution in [0.5, 0.6) is 5.75 Å². The average Bonchev–Trinajstić information content (AvgIpc) is 2.96. The van der Waals surface area contributed by atoms with Gasteiger partial charge in [0, 0.05) is 32.2 Å². The molecule has 0 aliphatic heterocycles. The smallest absolute Gasteiger partial charge is 0.333 e. The summed E-state index contributed by atoms with van der Waals surface area (Å²) in [5.74, 6) is -2.45. The van der Waals surface area contributed by atoms with Crippen molar-refractivity contribution >= 4 is 17.7 Å². The summed E-state index contributed by atoms with van der Waals surface area (Å²) in [6, 6.07) is 15.3. The molecule has 1 unspecified atom stereocenters. The van der Waals surface area contributed by atoms with Gasteiger partial charge in [-0.15, -0.1) is 0 Å². The molecule has 8 nitrogen and oxygen atoms in total. The van der Waals surface area contributed by atoms with Crippen molar-refractivity contribution in [2.45, 2.75) is 38.9 Å². The molecule has 3 rings (SSSR count). The van der Waals surface area contributed by atoms with Gasteiger partial charge in [0.25, 0.3) is 0 Å². The lowest BCUT2D eigenvalue weighted by atomic mass is 10.1. The number of halogens is 3. The minimum atomic E-state index is -1.03. The van der Waals surface area contributed by atoms with E-state index in [1.54, 1.807) is 43.3 Å². The normalized spacial score (nSPS) is 11.6. The van der Waals surface area contributed by atoms with Crippen LogP contribution in [0.4, 0.5) is 23.7 Å². The molecule has 11 heteroatoms. The van der Waals surface area contributed by atoms with Gasteiger partial charge in [0.05, 0.1) is 18.8 Å². The fourth-order valence-corrected chi connectivity index (χ4v) is 4.01. The highest BCUT2D eigenvalue weighted by Gasteiger charge is 2.18. The fraction of sp³-hybridized carbons (Fsp3) is 0.355. The molecular weight excluding hydrogens is 553 g/mol. The van der Waals surface area contributed by atoms with Gasteiger partial charge in [-0.1, -0.05) is 24.3 Å². The molecule has 2 N–H and O–H groups in total. The van der Waals surface area contributed by atoms with Gasteiger partial charge in [-0.3, -0.25) is 0 Å². The second kappa shape index (κ2) is 17.0. The number of hydrogen-bond acceptors (Lipinski definition) is 5. The summed E-state index contributed by atoms with van der Waals surface area (Å²) in [6.45, 7) is 3.42. The largest absolute Gasteiger partial charge is 0.492 e. The number of rotatable bonds is 17. The summed E-state index contributed by atoms with van der Waals surface area (Å²) in [4.78, 5) is 25.7. The second-order valence-electron chi connectivity index (χ2n) is 9.41. The number of anilines is 1. The summed E-state index contributed by atoms with van der Waals surface area (Å²) in [7, 11) is 0. The van der Waals surface area contributed by atoms with E-state index in [0.29, 0.717) is 51.0 Å². The van der Waals surface area contributed by atoms with Crippen molar-refractivity contribution in [2.24, 2.45) is 0 Å². The number of ether oxygens (including phenoxy) is 3. The molecule has 0 aromatic heterocycles. The maximum absolute atomic E-state index is 14.1. The van der Waals surface area contributed by atoms with Gasteiger partial charge in [-0.2, -0.15) is 0 Å². The van der Waals surface area contributed by atoms with E-state index >= 15 is 0 Å². The third-order valence-corrected chi connectivity index (χ3v) is 6.23. The number of benzene rings is 3. The topological polar surface area (TPSA) is 97.3 Å². The number of amides is 2. The van der Waals surface area contributed by atoms with Gasteiger partial charge in [-0.25, -0.2) is 22.8 Å². The summed E-state index contributed by atoms with van der Waals surface area (Å²) in [6.07, 6.45) is 0.498. The van der Waals surface area contributed by atoms with Crippen LogP contribution in [-0.2, 0) is 27.3 Å². The standard InChI is InChI=1S/C31H35F3N2O6/c1-2-41-29(30(37)38)19-22-7-12-26(13-8-22)42-18-16-36(31(39)35-28-14-11-25(33)20-27(28)34)15-3-4-17-40-21-23-5-9-24(32)10-6-23/h5-14,20,29H,2-4,15-19,21H2,1H3,(H,35,39)(H,37,38). The quantitative estimate of drug-likeness (QED) is 0.187. The Balaban J connectivity index is 1.51. The predicted molar refractivity (Wildman–Crippen MR) is 151 cm³/mol. The molecule has 3 aromatic rings. The number of carboxylic acids is 1. The van der Waals surface area contributed by atoms with E-state index in [1.807, 2.05) is 0 Å². The first-order valence-electron chi connectivity index (χ1n) is 13.6. The molecule has 2 amide bonds. The molecule has 0 bridgehead atoms. The molecule has 3 aromatic carbocycles. The lowest BCUT2D eigenvalue weighted by molar-refractivity contribution is -0.149. The minimum absolute atomic E-state index is 0.135. The lowest BCUT2D eigenvalue weighted by Gasteiger charge is -2.23. The maximum atomic E-state index is 14.1. The van der Waals surface area contributed by atoms with Crippen LogP contribution in [0.1, 0.15) is 30.9 Å². The predicted octanol–water partition coefficient (Wildman–Crippen LogP) is 6.05. The van der Waals surface area contributed by atoms with Gasteiger partial charge in [0.1, 0.15) is 29.8 Å². The summed E-state index contributed by atoms with van der Waals surface area (Å²) in [5, 5.41) is 11.7. The van der Waals surface area contributed by atoms with E-state index in [1.165, 1.54) is 17.0 Å². The van der Waals surface area contributed by atoms with Gasteiger partial charge in [0.15, 0.2) is 6.10 Å². The van der Waals surface area contributed by atoms with Crippen LogP contribution >= 0.6 is 0 Å². The Hall–Kier alpha value is -4.09. The van der Waals surface area contributed by atoms with E-state index in [-0.39, 0.29) is 31.1 Å². The van der Waals surface area contributed by atoms with Gasteiger partial charge >= 0.3 is 12.0 Å². The summed E-state index contributed by atoms with van der Waals surface area (Å²) < 4.78 is 57.1. The molecule has 0 radical (unpaired) electrons. The monoisotopic (exact) mass is 588 g/mol. The Morgan fingerprint density at radius 2 is 1.57 bits per heavy atom. The van der Waals surface area contributed by atoms with Crippen molar-refractivity contribution in [3.63, 3.8) is 0 Å². The van der Waals surface area contributed by atoms with Crippen molar-refractivity contribution in [2.75, 3.05) is 38.2 Å². The molecule has 1 atom stereocenters. The lowest BCUT2D eigenvalue weighted by Crippen LogP contribution is -2.38. The Bertz CT molecular complexity index is 1270. The van der Waals surface area contributed by atoms with E-state index in [4.69, 9.17) is 14.2 Å². The third kappa shape index (κ3) is 11.1. The highest BCUT2D eigenvalue weighted by Crippen LogP contribution is 2.17. The van der Waals surface area contributed by atoms with Crippen LogP contribution in [0.2, 0.25) is 0 Å². The molecule has 0 aliphatic rings. The molecule has 0 spiro atoms. The summed E-state index contributed by atoms with van der Waals surface area (Å²) >= 11 is 0. The molecule has 0 saturated heterocycles. The molecule has 226 valence electrons. The molecule has 0 fully saturated rings. The minimum Gasteiger partial charge on any atom is -0.492 e. The van der Waals surface area contributed by atoms with E-state index in [0.717, 1.165) is 23.3 Å². The van der Waals surface area contributed by atoms with Gasteiger partial charge < -0.3 is 29.5 Å².